The molecule has 0 aliphatic heterocycles. The van der Waals surface area contributed by atoms with Gasteiger partial charge in [-0.3, -0.25) is 4.79 Å². The minimum Gasteiger partial charge on any atom is -0.281 e. The first-order valence-electron chi connectivity index (χ1n) is 5.12. The molecule has 1 nitrogen and oxygen atoms in total. The van der Waals surface area contributed by atoms with Gasteiger partial charge in [0.25, 0.3) is 0 Å². The second-order valence-corrected chi connectivity index (χ2v) is 4.44. The Morgan fingerprint density at radius 2 is 2.20 bits per heavy atom. The average molecular weight is 221 g/mol. The van der Waals surface area contributed by atoms with E-state index in [9.17, 15) is 4.79 Å². The molecule has 2 atom stereocenters. The number of hydrogen-bond acceptors (Lipinski definition) is 1. The summed E-state index contributed by atoms with van der Waals surface area (Å²) in [6.07, 6.45) is 12.8. The minimum atomic E-state index is -0.280. The van der Waals surface area contributed by atoms with Crippen molar-refractivity contribution < 1.29 is 4.79 Å². The maximum atomic E-state index is 11.0. The molecule has 2 rings (SSSR count). The van der Waals surface area contributed by atoms with Crippen LogP contribution in [0.4, 0.5) is 0 Å². The second-order valence-electron chi connectivity index (χ2n) is 4.02. The van der Waals surface area contributed by atoms with Gasteiger partial charge in [-0.2, -0.15) is 0 Å². The molecule has 0 amide bonds. The molecule has 0 fully saturated rings. The van der Waals surface area contributed by atoms with Gasteiger partial charge in [-0.15, -0.1) is 0 Å². The Kier molecular flexibility index (Phi) is 2.92. The number of carbonyl (C=O) groups is 1. The number of fused-ring (bicyclic) bond motifs is 1. The van der Waals surface area contributed by atoms with Gasteiger partial charge in [-0.25, -0.2) is 0 Å². The van der Waals surface area contributed by atoms with Gasteiger partial charge >= 0.3 is 0 Å². The zero-order valence-electron chi connectivity index (χ0n) is 8.61. The highest BCUT2D eigenvalue weighted by atomic mass is 35.5. The van der Waals surface area contributed by atoms with Crippen molar-refractivity contribution in [3.8, 4) is 0 Å². The normalized spacial score (nSPS) is 28.1. The molecule has 78 valence electrons. The summed E-state index contributed by atoms with van der Waals surface area (Å²) in [5, 5.41) is -0.280. The Morgan fingerprint density at radius 1 is 1.40 bits per heavy atom. The van der Waals surface area contributed by atoms with Crippen LogP contribution in [0.2, 0.25) is 0 Å². The molecular weight excluding hydrogens is 208 g/mol. The van der Waals surface area contributed by atoms with Gasteiger partial charge in [0.1, 0.15) is 0 Å². The van der Waals surface area contributed by atoms with Crippen molar-refractivity contribution in [1.29, 1.82) is 0 Å². The van der Waals surface area contributed by atoms with Gasteiger partial charge in [-0.05, 0) is 23.1 Å². The third-order valence-corrected chi connectivity index (χ3v) is 3.06. The van der Waals surface area contributed by atoms with Crippen LogP contribution in [0.5, 0.6) is 0 Å². The number of halogens is 1. The maximum absolute atomic E-state index is 11.0. The molecule has 0 heterocycles. The maximum Gasteiger partial charge on any atom is 0.225 e. The fourth-order valence-corrected chi connectivity index (χ4v) is 2.44. The first-order chi connectivity index (χ1) is 7.18. The molecular formula is C13H13ClO. The van der Waals surface area contributed by atoms with Crippen molar-refractivity contribution in [2.24, 2.45) is 11.8 Å². The molecule has 0 saturated carbocycles. The Balaban J connectivity index is 2.29. The lowest BCUT2D eigenvalue weighted by atomic mass is 9.75. The van der Waals surface area contributed by atoms with Gasteiger partial charge in [0.2, 0.25) is 5.24 Å². The SMILES string of the molecule is CC1C=CC=C2C=CC=C(CC(=O)Cl)C21. The van der Waals surface area contributed by atoms with E-state index in [1.54, 1.807) is 0 Å². The van der Waals surface area contributed by atoms with E-state index in [0.29, 0.717) is 18.3 Å². The zero-order chi connectivity index (χ0) is 10.8. The molecule has 15 heavy (non-hydrogen) atoms. The molecule has 2 unspecified atom stereocenters. The number of rotatable bonds is 2. The van der Waals surface area contributed by atoms with Crippen molar-refractivity contribution >= 4 is 16.8 Å². The Labute approximate surface area is 94.8 Å². The van der Waals surface area contributed by atoms with Gasteiger partial charge < -0.3 is 0 Å². The second kappa shape index (κ2) is 4.19. The van der Waals surface area contributed by atoms with Crippen LogP contribution in [0.1, 0.15) is 13.3 Å². The predicted octanol–water partition coefficient (Wildman–Crippen LogP) is 3.39. The van der Waals surface area contributed by atoms with Crippen molar-refractivity contribution in [1.82, 2.24) is 0 Å². The molecule has 0 aromatic carbocycles. The number of allylic oxidation sites excluding steroid dienone is 8. The highest BCUT2D eigenvalue weighted by Gasteiger charge is 2.26. The molecule has 0 radical (unpaired) electrons. The van der Waals surface area contributed by atoms with E-state index in [-0.39, 0.29) is 5.24 Å². The van der Waals surface area contributed by atoms with Crippen molar-refractivity contribution in [3.05, 3.63) is 47.6 Å². The molecule has 0 aromatic rings. The molecule has 2 aliphatic carbocycles. The van der Waals surface area contributed by atoms with Crippen LogP contribution in [0, 0.1) is 11.8 Å². The quantitative estimate of drug-likeness (QED) is 0.652. The van der Waals surface area contributed by atoms with Crippen molar-refractivity contribution in [3.63, 3.8) is 0 Å². The molecule has 0 saturated heterocycles. The Bertz CT molecular complexity index is 399. The van der Waals surface area contributed by atoms with Gasteiger partial charge in [-0.1, -0.05) is 49.0 Å². The standard InChI is InChI=1S/C13H13ClO/c1-9-4-2-5-10-6-3-7-11(13(9)10)8-12(14)15/h2-7,9,13H,8H2,1H3. The lowest BCUT2D eigenvalue weighted by Crippen LogP contribution is -2.19. The fraction of sp³-hybridized carbons (Fsp3) is 0.308. The van der Waals surface area contributed by atoms with Crippen LogP contribution in [0.25, 0.3) is 0 Å². The Morgan fingerprint density at radius 3 is 2.93 bits per heavy atom. The highest BCUT2D eigenvalue weighted by molar-refractivity contribution is 6.63. The third-order valence-electron chi connectivity index (χ3n) is 2.93. The van der Waals surface area contributed by atoms with E-state index in [1.165, 1.54) is 5.57 Å². The van der Waals surface area contributed by atoms with Gasteiger partial charge in [0, 0.05) is 12.3 Å². The summed E-state index contributed by atoms with van der Waals surface area (Å²) < 4.78 is 0. The number of hydrogen-bond donors (Lipinski definition) is 0. The first-order valence-corrected chi connectivity index (χ1v) is 5.50. The highest BCUT2D eigenvalue weighted by Crippen LogP contribution is 2.37. The van der Waals surface area contributed by atoms with Crippen molar-refractivity contribution in [2.45, 2.75) is 13.3 Å². The van der Waals surface area contributed by atoms with E-state index >= 15 is 0 Å². The Hall–Kier alpha value is -1.08. The fourth-order valence-electron chi connectivity index (χ4n) is 2.29. The molecule has 0 aromatic heterocycles. The van der Waals surface area contributed by atoms with E-state index in [1.807, 2.05) is 12.2 Å². The molecule has 0 bridgehead atoms. The summed E-state index contributed by atoms with van der Waals surface area (Å²) >= 11 is 5.45. The van der Waals surface area contributed by atoms with Crippen LogP contribution >= 0.6 is 11.6 Å². The topological polar surface area (TPSA) is 17.1 Å². The van der Waals surface area contributed by atoms with Crippen LogP contribution < -0.4 is 0 Å². The molecule has 2 aliphatic rings. The summed E-state index contributed by atoms with van der Waals surface area (Å²) in [7, 11) is 0. The van der Waals surface area contributed by atoms with Gasteiger partial charge in [0.05, 0.1) is 0 Å². The first kappa shape index (κ1) is 10.4. The summed E-state index contributed by atoms with van der Waals surface area (Å²) in [6.45, 7) is 2.17. The van der Waals surface area contributed by atoms with E-state index in [2.05, 4.69) is 31.2 Å². The number of carbonyl (C=O) groups excluding carboxylic acids is 1. The predicted molar refractivity (Wildman–Crippen MR) is 62.6 cm³/mol. The van der Waals surface area contributed by atoms with Crippen LogP contribution in [0.15, 0.2) is 47.6 Å². The average Bonchev–Trinajstić information content (AvgIpc) is 2.17. The van der Waals surface area contributed by atoms with Crippen LogP contribution in [-0.2, 0) is 4.79 Å². The molecule has 2 heteroatoms. The summed E-state index contributed by atoms with van der Waals surface area (Å²) in [5.41, 5.74) is 2.40. The van der Waals surface area contributed by atoms with Gasteiger partial charge in [0.15, 0.2) is 0 Å². The monoisotopic (exact) mass is 220 g/mol. The van der Waals surface area contributed by atoms with E-state index < -0.39 is 0 Å². The zero-order valence-corrected chi connectivity index (χ0v) is 9.37. The lowest BCUT2D eigenvalue weighted by molar-refractivity contribution is -0.111. The lowest BCUT2D eigenvalue weighted by Gasteiger charge is -2.29. The smallest absolute Gasteiger partial charge is 0.225 e. The summed E-state index contributed by atoms with van der Waals surface area (Å²) in [5.74, 6) is 0.778. The van der Waals surface area contributed by atoms with Crippen molar-refractivity contribution in [2.75, 3.05) is 0 Å². The summed E-state index contributed by atoms with van der Waals surface area (Å²) in [6, 6.07) is 0. The van der Waals surface area contributed by atoms with E-state index in [4.69, 9.17) is 11.6 Å². The summed E-state index contributed by atoms with van der Waals surface area (Å²) in [4.78, 5) is 11.0. The largest absolute Gasteiger partial charge is 0.281 e. The van der Waals surface area contributed by atoms with Crippen LogP contribution in [-0.4, -0.2) is 5.24 Å². The van der Waals surface area contributed by atoms with E-state index in [0.717, 1.165) is 5.57 Å². The third kappa shape index (κ3) is 2.13. The molecule has 0 N–H and O–H groups in total. The van der Waals surface area contributed by atoms with Crippen LogP contribution in [0.3, 0.4) is 0 Å². The molecule has 0 spiro atoms. The minimum absolute atomic E-state index is 0.280.